The average Bonchev–Trinajstić information content (AvgIpc) is 3.47. The number of halogens is 4. The topological polar surface area (TPSA) is 79.4 Å². The molecule has 0 radical (unpaired) electrons. The summed E-state index contributed by atoms with van der Waals surface area (Å²) in [6.07, 6.45) is -3.48. The fraction of sp³-hybridized carbons (Fsp3) is 0.273. The molecule has 2 aromatic heterocycles. The van der Waals surface area contributed by atoms with Gasteiger partial charge in [-0.2, -0.15) is 17.5 Å². The van der Waals surface area contributed by atoms with Gasteiger partial charge >= 0.3 is 6.18 Å². The summed E-state index contributed by atoms with van der Waals surface area (Å²) in [4.78, 5) is 17.2. The number of benzene rings is 1. The number of nitrogens with zero attached hydrogens (tertiary/aromatic N) is 2. The van der Waals surface area contributed by atoms with Crippen LogP contribution in [0.25, 0.3) is 11.3 Å². The van der Waals surface area contributed by atoms with Gasteiger partial charge in [0.2, 0.25) is 5.91 Å². The number of thiophene rings is 1. The Kier molecular flexibility index (Phi) is 6.99. The van der Waals surface area contributed by atoms with Crippen LogP contribution in [-0.4, -0.2) is 36.2 Å². The maximum atomic E-state index is 12.9. The van der Waals surface area contributed by atoms with Gasteiger partial charge in [0.05, 0.1) is 27.8 Å². The lowest BCUT2D eigenvalue weighted by atomic mass is 10.1. The molecular formula is C22H19ClF3N3O3S2. The van der Waals surface area contributed by atoms with E-state index in [9.17, 15) is 26.4 Å². The summed E-state index contributed by atoms with van der Waals surface area (Å²) < 4.78 is 65.9. The van der Waals surface area contributed by atoms with Crippen molar-refractivity contribution in [2.24, 2.45) is 0 Å². The van der Waals surface area contributed by atoms with Crippen LogP contribution in [0.15, 0.2) is 58.8 Å². The molecule has 0 saturated carbocycles. The molecule has 1 amide bonds. The van der Waals surface area contributed by atoms with Crippen LogP contribution >= 0.6 is 22.9 Å². The van der Waals surface area contributed by atoms with E-state index in [0.29, 0.717) is 34.1 Å². The van der Waals surface area contributed by atoms with Gasteiger partial charge in [-0.25, -0.2) is 8.42 Å². The number of pyridine rings is 1. The molecule has 180 valence electrons. The number of aromatic nitrogens is 1. The molecule has 1 atom stereocenters. The Morgan fingerprint density at radius 1 is 1.15 bits per heavy atom. The lowest BCUT2D eigenvalue weighted by Gasteiger charge is -2.22. The minimum atomic E-state index is -4.42. The highest BCUT2D eigenvalue weighted by Gasteiger charge is 2.40. The molecule has 1 N–H and O–H groups in total. The second-order valence-corrected chi connectivity index (χ2v) is 11.5. The van der Waals surface area contributed by atoms with Crippen LogP contribution < -0.4 is 5.32 Å². The number of alkyl halides is 3. The summed E-state index contributed by atoms with van der Waals surface area (Å²) in [6.45, 7) is 0.278. The third-order valence-corrected chi connectivity index (χ3v) is 8.98. The van der Waals surface area contributed by atoms with Crippen LogP contribution in [0.2, 0.25) is 4.34 Å². The van der Waals surface area contributed by atoms with Crippen molar-refractivity contribution in [3.63, 3.8) is 0 Å². The first kappa shape index (κ1) is 24.6. The monoisotopic (exact) mass is 529 g/mol. The van der Waals surface area contributed by atoms with Crippen LogP contribution in [0.1, 0.15) is 24.1 Å². The van der Waals surface area contributed by atoms with Gasteiger partial charge < -0.3 is 5.32 Å². The standard InChI is InChI=1S/C22H19ClF3N3O3S2/c23-19-10-11-20(33-19)34(31,32)29-12-2-5-18(29)21(30)27-13-16-3-1-4-17(28-16)14-6-8-15(9-7-14)22(24,25)26/h1,3-4,6-11,18H,2,5,12-13H2,(H,27,30)/t18-/m0/s1. The molecule has 1 fully saturated rings. The molecular weight excluding hydrogens is 511 g/mol. The third-order valence-electron chi connectivity index (χ3n) is 5.38. The van der Waals surface area contributed by atoms with E-state index in [1.807, 2.05) is 0 Å². The number of rotatable bonds is 6. The van der Waals surface area contributed by atoms with Gasteiger partial charge in [0, 0.05) is 12.1 Å². The molecule has 0 aliphatic carbocycles. The molecule has 1 aliphatic heterocycles. The van der Waals surface area contributed by atoms with Crippen molar-refractivity contribution in [1.82, 2.24) is 14.6 Å². The predicted molar refractivity (Wildman–Crippen MR) is 123 cm³/mol. The zero-order chi connectivity index (χ0) is 24.5. The van der Waals surface area contributed by atoms with Gasteiger partial charge in [-0.15, -0.1) is 11.3 Å². The number of amides is 1. The van der Waals surface area contributed by atoms with Gasteiger partial charge in [-0.1, -0.05) is 29.8 Å². The highest BCUT2D eigenvalue weighted by Crippen LogP contribution is 2.33. The maximum Gasteiger partial charge on any atom is 0.416 e. The Morgan fingerprint density at radius 3 is 2.53 bits per heavy atom. The van der Waals surface area contributed by atoms with Crippen LogP contribution in [-0.2, 0) is 27.5 Å². The maximum absolute atomic E-state index is 12.9. The van der Waals surface area contributed by atoms with Gasteiger partial charge in [-0.3, -0.25) is 9.78 Å². The SMILES string of the molecule is O=C(NCc1cccc(-c2ccc(C(F)(F)F)cc2)n1)[C@@H]1CCCN1S(=O)(=O)c1ccc(Cl)s1. The summed E-state index contributed by atoms with van der Waals surface area (Å²) in [5, 5.41) is 2.73. The minimum absolute atomic E-state index is 0.0442. The van der Waals surface area contributed by atoms with E-state index in [1.54, 1.807) is 18.2 Å². The summed E-state index contributed by atoms with van der Waals surface area (Å²) >= 11 is 6.81. The smallest absolute Gasteiger partial charge is 0.349 e. The van der Waals surface area contributed by atoms with E-state index in [4.69, 9.17) is 11.6 Å². The Bertz CT molecular complexity index is 1290. The van der Waals surface area contributed by atoms with Crippen LogP contribution in [0.3, 0.4) is 0 Å². The van der Waals surface area contributed by atoms with Gasteiger partial charge in [0.25, 0.3) is 10.0 Å². The molecule has 3 heterocycles. The third kappa shape index (κ3) is 5.27. The molecule has 0 bridgehead atoms. The molecule has 1 aromatic carbocycles. The predicted octanol–water partition coefficient (Wildman–Crippen LogP) is 4.95. The minimum Gasteiger partial charge on any atom is -0.349 e. The molecule has 4 rings (SSSR count). The number of hydrogen-bond donors (Lipinski definition) is 1. The summed E-state index contributed by atoms with van der Waals surface area (Å²) in [7, 11) is -3.84. The zero-order valence-corrected chi connectivity index (χ0v) is 19.9. The zero-order valence-electron chi connectivity index (χ0n) is 17.5. The fourth-order valence-corrected chi connectivity index (χ4v) is 6.97. The van der Waals surface area contributed by atoms with Crippen molar-refractivity contribution in [2.75, 3.05) is 6.54 Å². The number of sulfonamides is 1. The number of carbonyl (C=O) groups is 1. The number of hydrogen-bond acceptors (Lipinski definition) is 5. The van der Waals surface area contributed by atoms with Crippen molar-refractivity contribution in [3.8, 4) is 11.3 Å². The van der Waals surface area contributed by atoms with Gasteiger partial charge in [0.1, 0.15) is 10.3 Å². The summed E-state index contributed by atoms with van der Waals surface area (Å²) in [5.74, 6) is -0.439. The van der Waals surface area contributed by atoms with E-state index >= 15 is 0 Å². The number of carbonyl (C=O) groups excluding carboxylic acids is 1. The Hall–Kier alpha value is -2.47. The second-order valence-electron chi connectivity index (χ2n) is 7.64. The molecule has 34 heavy (non-hydrogen) atoms. The van der Waals surface area contributed by atoms with Gasteiger partial charge in [0.15, 0.2) is 0 Å². The first-order valence-electron chi connectivity index (χ1n) is 10.2. The van der Waals surface area contributed by atoms with E-state index in [2.05, 4.69) is 10.3 Å². The highest BCUT2D eigenvalue weighted by molar-refractivity contribution is 7.91. The van der Waals surface area contributed by atoms with E-state index in [0.717, 1.165) is 23.5 Å². The molecule has 0 unspecified atom stereocenters. The van der Waals surface area contributed by atoms with Gasteiger partial charge in [-0.05, 0) is 49.2 Å². The van der Waals surface area contributed by atoms with Crippen LogP contribution in [0, 0.1) is 0 Å². The van der Waals surface area contributed by atoms with E-state index in [-0.39, 0.29) is 17.3 Å². The Morgan fingerprint density at radius 2 is 1.88 bits per heavy atom. The molecule has 0 spiro atoms. The van der Waals surface area contributed by atoms with Crippen molar-refractivity contribution in [3.05, 3.63) is 70.2 Å². The van der Waals surface area contributed by atoms with Crippen molar-refractivity contribution < 1.29 is 26.4 Å². The normalized spacial score (nSPS) is 17.1. The first-order valence-corrected chi connectivity index (χ1v) is 12.9. The Balaban J connectivity index is 1.44. The van der Waals surface area contributed by atoms with Crippen molar-refractivity contribution in [1.29, 1.82) is 0 Å². The largest absolute Gasteiger partial charge is 0.416 e. The highest BCUT2D eigenvalue weighted by atomic mass is 35.5. The Labute approximate surface area is 203 Å². The van der Waals surface area contributed by atoms with Crippen LogP contribution in [0.4, 0.5) is 13.2 Å². The average molecular weight is 530 g/mol. The molecule has 1 aliphatic rings. The molecule has 12 heteroatoms. The van der Waals surface area contributed by atoms with E-state index in [1.165, 1.54) is 28.6 Å². The van der Waals surface area contributed by atoms with Crippen LogP contribution in [0.5, 0.6) is 0 Å². The van der Waals surface area contributed by atoms with Crippen molar-refractivity contribution in [2.45, 2.75) is 35.8 Å². The molecule has 6 nitrogen and oxygen atoms in total. The lowest BCUT2D eigenvalue weighted by molar-refractivity contribution is -0.137. The van der Waals surface area contributed by atoms with Crippen molar-refractivity contribution >= 4 is 38.9 Å². The quantitative estimate of drug-likeness (QED) is 0.490. The molecule has 1 saturated heterocycles. The number of nitrogens with one attached hydrogen (secondary N) is 1. The fourth-order valence-electron chi connectivity index (χ4n) is 3.71. The summed E-state index contributed by atoms with van der Waals surface area (Å²) in [6, 6.07) is 11.7. The lowest BCUT2D eigenvalue weighted by Crippen LogP contribution is -2.45. The van der Waals surface area contributed by atoms with E-state index < -0.39 is 33.7 Å². The second kappa shape index (κ2) is 9.65. The summed E-state index contributed by atoms with van der Waals surface area (Å²) in [5.41, 5.74) is 0.702. The first-order chi connectivity index (χ1) is 16.1. The molecule has 3 aromatic rings.